The number of unbranched alkanes of at least 4 members (excludes halogenated alkanes) is 1. The van der Waals surface area contributed by atoms with Gasteiger partial charge in [0, 0.05) is 20.2 Å². The monoisotopic (exact) mass is 315 g/mol. The Balaban J connectivity index is 2.99. The van der Waals surface area contributed by atoms with Crippen molar-refractivity contribution in [3.05, 3.63) is 10.8 Å². The zero-order valence-corrected chi connectivity index (χ0v) is 12.3. The van der Waals surface area contributed by atoms with Gasteiger partial charge < -0.3 is 27.2 Å². The van der Waals surface area contributed by atoms with Crippen LogP contribution in [0.25, 0.3) is 0 Å². The maximum Gasteiger partial charge on any atom is 0.302 e. The van der Waals surface area contributed by atoms with Gasteiger partial charge in [0.1, 0.15) is 0 Å². The molecule has 1 amide bonds. The van der Waals surface area contributed by atoms with E-state index in [1.807, 2.05) is 0 Å². The average molecular weight is 316 g/mol. The third-order valence-electron chi connectivity index (χ3n) is 2.56. The van der Waals surface area contributed by atoms with Gasteiger partial charge >= 0.3 is 5.91 Å². The van der Waals surface area contributed by atoms with Crippen molar-refractivity contribution in [1.82, 2.24) is 9.97 Å². The van der Waals surface area contributed by atoms with Gasteiger partial charge in [0.2, 0.25) is 0 Å². The molecular formula is C11H18ClN7O2. The molecule has 0 fully saturated rings. The Morgan fingerprint density at radius 2 is 2.05 bits per heavy atom. The van der Waals surface area contributed by atoms with Gasteiger partial charge in [-0.15, -0.1) is 0 Å². The van der Waals surface area contributed by atoms with Crippen LogP contribution in [0.1, 0.15) is 23.3 Å². The van der Waals surface area contributed by atoms with E-state index >= 15 is 0 Å². The Morgan fingerprint density at radius 3 is 2.62 bits per heavy atom. The van der Waals surface area contributed by atoms with Crippen LogP contribution in [0.3, 0.4) is 0 Å². The van der Waals surface area contributed by atoms with Gasteiger partial charge in [-0.2, -0.15) is 4.99 Å². The molecule has 0 aromatic carbocycles. The zero-order valence-electron chi connectivity index (χ0n) is 11.6. The lowest BCUT2D eigenvalue weighted by Crippen LogP contribution is -2.25. The molecule has 1 aromatic heterocycles. The fraction of sp³-hybridized carbons (Fsp3) is 0.455. The lowest BCUT2D eigenvalue weighted by Gasteiger charge is -2.19. The van der Waals surface area contributed by atoms with Crippen molar-refractivity contribution < 1.29 is 9.90 Å². The largest absolute Gasteiger partial charge is 0.396 e. The summed E-state index contributed by atoms with van der Waals surface area (Å²) in [6.07, 6.45) is 1.41. The number of anilines is 2. The first-order valence-corrected chi connectivity index (χ1v) is 6.53. The molecule has 0 saturated carbocycles. The number of nitrogens with two attached hydrogens (primary N) is 3. The molecule has 1 aromatic rings. The first kappa shape index (κ1) is 16.9. The summed E-state index contributed by atoms with van der Waals surface area (Å²) in [5, 5.41) is 8.77. The van der Waals surface area contributed by atoms with Crippen LogP contribution in [0.5, 0.6) is 0 Å². The first-order valence-electron chi connectivity index (χ1n) is 6.15. The number of aromatic nitrogens is 2. The second kappa shape index (κ2) is 7.60. The molecule has 116 valence electrons. The quantitative estimate of drug-likeness (QED) is 0.306. The van der Waals surface area contributed by atoms with Gasteiger partial charge in [-0.05, 0) is 12.8 Å². The van der Waals surface area contributed by atoms with E-state index in [-0.39, 0.29) is 23.3 Å². The van der Waals surface area contributed by atoms with Crippen LogP contribution in [0.15, 0.2) is 4.99 Å². The summed E-state index contributed by atoms with van der Waals surface area (Å²) in [4.78, 5) is 24.7. The van der Waals surface area contributed by atoms with E-state index in [4.69, 9.17) is 33.9 Å². The summed E-state index contributed by atoms with van der Waals surface area (Å²) < 4.78 is 0. The van der Waals surface area contributed by atoms with Crippen molar-refractivity contribution in [1.29, 1.82) is 0 Å². The fourth-order valence-corrected chi connectivity index (χ4v) is 1.83. The molecule has 0 radical (unpaired) electrons. The third-order valence-corrected chi connectivity index (χ3v) is 2.81. The van der Waals surface area contributed by atoms with Crippen molar-refractivity contribution in [3.63, 3.8) is 0 Å². The number of hydrogen-bond donors (Lipinski definition) is 4. The van der Waals surface area contributed by atoms with E-state index in [1.165, 1.54) is 0 Å². The number of nitrogen functional groups attached to an aromatic ring is 1. The molecule has 21 heavy (non-hydrogen) atoms. The molecule has 10 heteroatoms. The minimum Gasteiger partial charge on any atom is -0.396 e. The van der Waals surface area contributed by atoms with Gasteiger partial charge in [-0.25, -0.2) is 9.97 Å². The lowest BCUT2D eigenvalue weighted by molar-refractivity contribution is 0.0998. The number of rotatable bonds is 6. The summed E-state index contributed by atoms with van der Waals surface area (Å²) in [6.45, 7) is 0.719. The highest BCUT2D eigenvalue weighted by Gasteiger charge is 2.18. The highest BCUT2D eigenvalue weighted by molar-refractivity contribution is 6.32. The fourth-order valence-electron chi connectivity index (χ4n) is 1.56. The number of halogens is 1. The molecule has 0 unspecified atom stereocenters. The molecular weight excluding hydrogens is 298 g/mol. The highest BCUT2D eigenvalue weighted by atomic mass is 35.5. The number of carbonyl (C=O) groups excluding carboxylic acids is 1. The van der Waals surface area contributed by atoms with E-state index in [0.717, 1.165) is 6.42 Å². The van der Waals surface area contributed by atoms with Crippen molar-refractivity contribution >= 4 is 35.1 Å². The van der Waals surface area contributed by atoms with Crippen LogP contribution in [0.2, 0.25) is 5.15 Å². The number of aliphatic imine (C=N–C) groups is 1. The van der Waals surface area contributed by atoms with Crippen molar-refractivity contribution in [3.8, 4) is 0 Å². The molecule has 0 aliphatic rings. The standard InChI is InChI=1S/C11H18ClN7O2/c1-19(4-2-3-5-20)9-7(12)16-6(8(13)17-9)10(21)18-11(14)15/h20H,2-5H2,1H3,(H2,13,17)(H4,14,15,18,21). The van der Waals surface area contributed by atoms with Crippen molar-refractivity contribution in [2.75, 3.05) is 30.8 Å². The highest BCUT2D eigenvalue weighted by Crippen LogP contribution is 2.24. The zero-order chi connectivity index (χ0) is 16.0. The van der Waals surface area contributed by atoms with E-state index in [2.05, 4.69) is 15.0 Å². The number of aliphatic hydroxyl groups is 1. The van der Waals surface area contributed by atoms with Crippen molar-refractivity contribution in [2.24, 2.45) is 16.5 Å². The Bertz CT molecular complexity index is 546. The van der Waals surface area contributed by atoms with E-state index in [1.54, 1.807) is 11.9 Å². The van der Waals surface area contributed by atoms with E-state index in [0.29, 0.717) is 18.8 Å². The second-order valence-electron chi connectivity index (χ2n) is 4.27. The molecule has 7 N–H and O–H groups in total. The summed E-state index contributed by atoms with van der Waals surface area (Å²) >= 11 is 6.01. The van der Waals surface area contributed by atoms with E-state index in [9.17, 15) is 4.79 Å². The molecule has 0 atom stereocenters. The number of carbonyl (C=O) groups is 1. The van der Waals surface area contributed by atoms with Gasteiger partial charge in [0.15, 0.2) is 28.4 Å². The van der Waals surface area contributed by atoms with Crippen LogP contribution in [0, 0.1) is 0 Å². The minimum absolute atomic E-state index is 0.0184. The number of hydrogen-bond acceptors (Lipinski definition) is 6. The topological polar surface area (TPSA) is 157 Å². The van der Waals surface area contributed by atoms with Crippen LogP contribution in [-0.2, 0) is 0 Å². The third kappa shape index (κ3) is 4.72. The minimum atomic E-state index is -0.809. The Kier molecular flexibility index (Phi) is 6.12. The van der Waals surface area contributed by atoms with Crippen LogP contribution >= 0.6 is 11.6 Å². The average Bonchev–Trinajstić information content (AvgIpc) is 2.40. The Morgan fingerprint density at radius 1 is 1.38 bits per heavy atom. The number of amides is 1. The first-order chi connectivity index (χ1) is 9.86. The number of aliphatic hydroxyl groups excluding tert-OH is 1. The van der Waals surface area contributed by atoms with Crippen LogP contribution in [-0.4, -0.2) is 47.1 Å². The summed E-state index contributed by atoms with van der Waals surface area (Å²) in [7, 11) is 1.75. The summed E-state index contributed by atoms with van der Waals surface area (Å²) in [5.74, 6) is -0.981. The van der Waals surface area contributed by atoms with Gasteiger partial charge in [-0.3, -0.25) is 4.79 Å². The molecule has 0 aliphatic carbocycles. The smallest absolute Gasteiger partial charge is 0.302 e. The van der Waals surface area contributed by atoms with Crippen LogP contribution in [0.4, 0.5) is 11.6 Å². The summed E-state index contributed by atoms with van der Waals surface area (Å²) in [6, 6.07) is 0. The van der Waals surface area contributed by atoms with Gasteiger partial charge in [0.05, 0.1) is 0 Å². The normalized spacial score (nSPS) is 10.2. The molecule has 1 rings (SSSR count). The summed E-state index contributed by atoms with van der Waals surface area (Å²) in [5.41, 5.74) is 15.7. The van der Waals surface area contributed by atoms with Gasteiger partial charge in [-0.1, -0.05) is 11.6 Å². The molecule has 9 nitrogen and oxygen atoms in total. The molecule has 0 bridgehead atoms. The number of nitrogens with zero attached hydrogens (tertiary/aromatic N) is 4. The molecule has 0 saturated heterocycles. The molecule has 0 spiro atoms. The maximum atomic E-state index is 11.7. The molecule has 0 aliphatic heterocycles. The Labute approximate surface area is 126 Å². The maximum absolute atomic E-state index is 11.7. The van der Waals surface area contributed by atoms with E-state index < -0.39 is 11.9 Å². The van der Waals surface area contributed by atoms with Crippen LogP contribution < -0.4 is 22.1 Å². The predicted octanol–water partition coefficient (Wildman–Crippen LogP) is -0.665. The lowest BCUT2D eigenvalue weighted by atomic mass is 10.3. The van der Waals surface area contributed by atoms with Crippen molar-refractivity contribution in [2.45, 2.75) is 12.8 Å². The number of guanidine groups is 1. The van der Waals surface area contributed by atoms with Gasteiger partial charge in [0.25, 0.3) is 0 Å². The SMILES string of the molecule is CN(CCCCO)c1nc(N)c(C(=O)N=C(N)N)nc1Cl. The Hall–Kier alpha value is -2.13. The second-order valence-corrected chi connectivity index (χ2v) is 4.62. The predicted molar refractivity (Wildman–Crippen MR) is 81.2 cm³/mol. The molecule has 1 heterocycles.